The number of aromatic nitrogens is 2. The molecule has 0 aliphatic rings. The van der Waals surface area contributed by atoms with Gasteiger partial charge in [0.25, 0.3) is 0 Å². The van der Waals surface area contributed by atoms with Crippen LogP contribution in [-0.2, 0) is 11.0 Å². The number of aryl methyl sites for hydroxylation is 1. The van der Waals surface area contributed by atoms with Gasteiger partial charge in [0.15, 0.2) is 22.6 Å². The number of anilines is 3. The first-order valence-corrected chi connectivity index (χ1v) is 9.78. The quantitative estimate of drug-likeness (QED) is 0.504. The molecular formula is C21H17FN4OS. The van der Waals surface area contributed by atoms with Crippen molar-refractivity contribution in [1.29, 1.82) is 0 Å². The summed E-state index contributed by atoms with van der Waals surface area (Å²) in [6, 6.07) is 20.8. The van der Waals surface area contributed by atoms with Crippen molar-refractivity contribution >= 4 is 39.3 Å². The second-order valence-corrected chi connectivity index (χ2v) is 7.44. The molecule has 2 N–H and O–H groups in total. The van der Waals surface area contributed by atoms with Gasteiger partial charge in [-0.1, -0.05) is 29.8 Å². The lowest BCUT2D eigenvalue weighted by atomic mass is 10.2. The van der Waals surface area contributed by atoms with Gasteiger partial charge < -0.3 is 5.32 Å². The van der Waals surface area contributed by atoms with Crippen LogP contribution < -0.4 is 10.0 Å². The minimum Gasteiger partial charge on any atom is -0.337 e. The highest BCUT2D eigenvalue weighted by Crippen LogP contribution is 2.26. The maximum Gasteiger partial charge on any atom is 0.182 e. The summed E-state index contributed by atoms with van der Waals surface area (Å²) in [6.45, 7) is 1.97. The second-order valence-electron chi connectivity index (χ2n) is 6.23. The molecule has 0 aliphatic heterocycles. The zero-order valence-electron chi connectivity index (χ0n) is 15.0. The first-order valence-electron chi connectivity index (χ1n) is 8.63. The molecule has 0 saturated heterocycles. The summed E-state index contributed by atoms with van der Waals surface area (Å²) in [7, 11) is -1.51. The van der Waals surface area contributed by atoms with Crippen LogP contribution in [0, 0.1) is 12.7 Å². The van der Waals surface area contributed by atoms with E-state index in [1.165, 1.54) is 12.1 Å². The van der Waals surface area contributed by atoms with E-state index in [0.29, 0.717) is 33.3 Å². The number of rotatable bonds is 5. The molecule has 0 saturated carbocycles. The Kier molecular flexibility index (Phi) is 4.99. The lowest BCUT2D eigenvalue weighted by Gasteiger charge is -2.13. The molecule has 1 aromatic heterocycles. The summed E-state index contributed by atoms with van der Waals surface area (Å²) in [4.78, 5) is 9.79. The van der Waals surface area contributed by atoms with Crippen LogP contribution in [0.3, 0.4) is 0 Å². The van der Waals surface area contributed by atoms with E-state index in [1.54, 1.807) is 24.3 Å². The number of nitrogens with one attached hydrogen (secondary N) is 2. The Bertz CT molecular complexity index is 1150. The Morgan fingerprint density at radius 1 is 0.821 bits per heavy atom. The van der Waals surface area contributed by atoms with Crippen molar-refractivity contribution in [1.82, 2.24) is 9.97 Å². The minimum atomic E-state index is -1.51. The number of nitrogens with zero attached hydrogens (tertiary/aromatic N) is 2. The van der Waals surface area contributed by atoms with E-state index < -0.39 is 11.0 Å². The van der Waals surface area contributed by atoms with E-state index in [1.807, 2.05) is 43.3 Å². The normalized spacial score (nSPS) is 11.9. The van der Waals surface area contributed by atoms with Gasteiger partial charge in [0.2, 0.25) is 0 Å². The standard InChI is InChI=1S/C21H17FN4OS/c1-14-6-12-17(13-7-14)28(27)26-21-20(23-16-10-8-15(22)9-11-16)24-18-4-2-3-5-19(18)25-21/h2-13H,1H3,(H,23,24)(H,25,26). The number of halogens is 1. The molecular weight excluding hydrogens is 375 g/mol. The molecule has 28 heavy (non-hydrogen) atoms. The average molecular weight is 392 g/mol. The number of fused-ring (bicyclic) bond motifs is 1. The van der Waals surface area contributed by atoms with Crippen LogP contribution >= 0.6 is 0 Å². The smallest absolute Gasteiger partial charge is 0.182 e. The summed E-state index contributed by atoms with van der Waals surface area (Å²) in [5.41, 5.74) is 3.11. The van der Waals surface area contributed by atoms with Crippen LogP contribution in [-0.4, -0.2) is 14.2 Å². The number of benzene rings is 3. The summed E-state index contributed by atoms with van der Waals surface area (Å²) in [6.07, 6.45) is 0. The maximum atomic E-state index is 13.2. The van der Waals surface area contributed by atoms with E-state index in [4.69, 9.17) is 0 Å². The lowest BCUT2D eigenvalue weighted by molar-refractivity contribution is 0.628. The Hall–Kier alpha value is -3.32. The summed E-state index contributed by atoms with van der Waals surface area (Å²) in [5, 5.41) is 3.12. The third-order valence-electron chi connectivity index (χ3n) is 4.10. The molecule has 3 aromatic carbocycles. The van der Waals surface area contributed by atoms with Crippen molar-refractivity contribution < 1.29 is 8.60 Å². The first-order chi connectivity index (χ1) is 13.6. The molecule has 1 heterocycles. The Morgan fingerprint density at radius 3 is 2.07 bits per heavy atom. The van der Waals surface area contributed by atoms with E-state index >= 15 is 0 Å². The number of para-hydroxylation sites is 2. The van der Waals surface area contributed by atoms with Crippen molar-refractivity contribution in [3.05, 3.63) is 84.2 Å². The van der Waals surface area contributed by atoms with E-state index in [0.717, 1.165) is 5.56 Å². The molecule has 5 nitrogen and oxygen atoms in total. The number of hydrogen-bond acceptors (Lipinski definition) is 4. The molecule has 0 spiro atoms. The molecule has 140 valence electrons. The van der Waals surface area contributed by atoms with Crippen LogP contribution in [0.25, 0.3) is 11.0 Å². The van der Waals surface area contributed by atoms with Crippen LogP contribution in [0.2, 0.25) is 0 Å². The largest absolute Gasteiger partial charge is 0.337 e. The SMILES string of the molecule is Cc1ccc(S(=O)Nc2nc3ccccc3nc2Nc2ccc(F)cc2)cc1. The van der Waals surface area contributed by atoms with Gasteiger partial charge in [0.1, 0.15) is 5.82 Å². The molecule has 4 aromatic rings. The zero-order chi connectivity index (χ0) is 19.5. The Labute approximate surface area is 164 Å². The lowest BCUT2D eigenvalue weighted by Crippen LogP contribution is -2.10. The monoisotopic (exact) mass is 392 g/mol. The van der Waals surface area contributed by atoms with Crippen molar-refractivity contribution in [3.8, 4) is 0 Å². The summed E-state index contributed by atoms with van der Waals surface area (Å²) in [5.74, 6) is 0.432. The number of hydrogen-bond donors (Lipinski definition) is 2. The van der Waals surface area contributed by atoms with E-state index in [2.05, 4.69) is 20.0 Å². The van der Waals surface area contributed by atoms with E-state index in [9.17, 15) is 8.60 Å². The van der Waals surface area contributed by atoms with Gasteiger partial charge in [-0.15, -0.1) is 0 Å². The molecule has 0 radical (unpaired) electrons. The zero-order valence-corrected chi connectivity index (χ0v) is 15.8. The van der Waals surface area contributed by atoms with Crippen molar-refractivity contribution in [3.63, 3.8) is 0 Å². The van der Waals surface area contributed by atoms with Gasteiger partial charge in [-0.2, -0.15) is 0 Å². The molecule has 7 heteroatoms. The van der Waals surface area contributed by atoms with Crippen LogP contribution in [0.15, 0.2) is 77.7 Å². The highest BCUT2D eigenvalue weighted by molar-refractivity contribution is 7.86. The highest BCUT2D eigenvalue weighted by atomic mass is 32.2. The van der Waals surface area contributed by atoms with Gasteiger partial charge in [0, 0.05) is 5.69 Å². The van der Waals surface area contributed by atoms with Gasteiger partial charge >= 0.3 is 0 Å². The Balaban J connectivity index is 1.71. The predicted octanol–water partition coefficient (Wildman–Crippen LogP) is 4.96. The topological polar surface area (TPSA) is 66.9 Å². The fourth-order valence-electron chi connectivity index (χ4n) is 2.64. The van der Waals surface area contributed by atoms with Crippen molar-refractivity contribution in [2.45, 2.75) is 11.8 Å². The Morgan fingerprint density at radius 2 is 1.43 bits per heavy atom. The van der Waals surface area contributed by atoms with Crippen LogP contribution in [0.5, 0.6) is 0 Å². The van der Waals surface area contributed by atoms with Crippen molar-refractivity contribution in [2.24, 2.45) is 0 Å². The van der Waals surface area contributed by atoms with Crippen LogP contribution in [0.1, 0.15) is 5.56 Å². The fourth-order valence-corrected chi connectivity index (χ4v) is 3.46. The molecule has 0 amide bonds. The van der Waals surface area contributed by atoms with Gasteiger partial charge in [-0.05, 0) is 55.5 Å². The molecule has 0 fully saturated rings. The third-order valence-corrected chi connectivity index (χ3v) is 5.18. The van der Waals surface area contributed by atoms with E-state index in [-0.39, 0.29) is 5.82 Å². The minimum absolute atomic E-state index is 0.325. The molecule has 1 unspecified atom stereocenters. The molecule has 4 rings (SSSR count). The van der Waals surface area contributed by atoms with Gasteiger partial charge in [-0.3, -0.25) is 4.72 Å². The van der Waals surface area contributed by atoms with Crippen LogP contribution in [0.4, 0.5) is 21.7 Å². The fraction of sp³-hybridized carbons (Fsp3) is 0.0476. The molecule has 1 atom stereocenters. The maximum absolute atomic E-state index is 13.2. The molecule has 0 bridgehead atoms. The van der Waals surface area contributed by atoms with Gasteiger partial charge in [0.05, 0.1) is 15.9 Å². The summed E-state index contributed by atoms with van der Waals surface area (Å²) >= 11 is 0. The van der Waals surface area contributed by atoms with Crippen molar-refractivity contribution in [2.75, 3.05) is 10.0 Å². The predicted molar refractivity (Wildman–Crippen MR) is 110 cm³/mol. The first kappa shape index (κ1) is 18.1. The highest BCUT2D eigenvalue weighted by Gasteiger charge is 2.13. The molecule has 0 aliphatic carbocycles. The third kappa shape index (κ3) is 3.99. The summed E-state index contributed by atoms with van der Waals surface area (Å²) < 4.78 is 28.9. The van der Waals surface area contributed by atoms with Gasteiger partial charge in [-0.25, -0.2) is 18.6 Å². The second kappa shape index (κ2) is 7.74. The average Bonchev–Trinajstić information content (AvgIpc) is 2.70.